The Bertz CT molecular complexity index is 1090. The number of hydrogen-bond donors (Lipinski definition) is 1. The average molecular weight is 477 g/mol. The first kappa shape index (κ1) is 23.8. The van der Waals surface area contributed by atoms with Gasteiger partial charge in [-0.25, -0.2) is 0 Å². The molecule has 1 N–H and O–H groups in total. The van der Waals surface area contributed by atoms with Gasteiger partial charge >= 0.3 is 0 Å². The van der Waals surface area contributed by atoms with Crippen molar-refractivity contribution in [2.24, 2.45) is 0 Å². The standard InChI is InChI=1S/C28H36N4O3/c1-33-23-10-8-22(9-11-23)28(14-5-15-28)27-30-26(35-31-27)20-29-16-19-32-17-12-21(13-18-32)24-6-3-4-7-25(24)34-2/h3-4,6-11,21,29H,5,12-20H2,1-2H3. The molecule has 5 rings (SSSR count). The van der Waals surface area contributed by atoms with Crippen LogP contribution in [0.25, 0.3) is 0 Å². The van der Waals surface area contributed by atoms with Crippen molar-refractivity contribution in [2.45, 2.75) is 50.0 Å². The van der Waals surface area contributed by atoms with Crippen LogP contribution < -0.4 is 14.8 Å². The third-order valence-electron chi connectivity index (χ3n) is 7.79. The van der Waals surface area contributed by atoms with Crippen LogP contribution in [-0.2, 0) is 12.0 Å². The van der Waals surface area contributed by atoms with E-state index in [1.807, 2.05) is 18.2 Å². The summed E-state index contributed by atoms with van der Waals surface area (Å²) in [6.07, 6.45) is 5.62. The Kier molecular flexibility index (Phi) is 7.35. The van der Waals surface area contributed by atoms with Crippen LogP contribution in [-0.4, -0.2) is 55.4 Å². The van der Waals surface area contributed by atoms with E-state index in [0.29, 0.717) is 18.4 Å². The van der Waals surface area contributed by atoms with Crippen LogP contribution in [0, 0.1) is 0 Å². The number of ether oxygens (including phenoxy) is 2. The molecule has 3 aromatic rings. The number of piperidine rings is 1. The van der Waals surface area contributed by atoms with E-state index < -0.39 is 0 Å². The highest BCUT2D eigenvalue weighted by atomic mass is 16.5. The molecule has 0 atom stereocenters. The normalized spacial score (nSPS) is 18.2. The molecular weight excluding hydrogens is 440 g/mol. The van der Waals surface area contributed by atoms with Crippen LogP contribution >= 0.6 is 0 Å². The molecule has 1 saturated heterocycles. The van der Waals surface area contributed by atoms with Crippen molar-refractivity contribution >= 4 is 0 Å². The van der Waals surface area contributed by atoms with Gasteiger partial charge in [0.1, 0.15) is 11.5 Å². The maximum atomic E-state index is 5.62. The lowest BCUT2D eigenvalue weighted by molar-refractivity contribution is 0.210. The lowest BCUT2D eigenvalue weighted by Gasteiger charge is -2.39. The molecule has 0 amide bonds. The second-order valence-electron chi connectivity index (χ2n) is 9.71. The van der Waals surface area contributed by atoms with E-state index in [9.17, 15) is 0 Å². The van der Waals surface area contributed by atoms with Gasteiger partial charge in [0.05, 0.1) is 26.2 Å². The summed E-state index contributed by atoms with van der Waals surface area (Å²) in [5.41, 5.74) is 2.46. The van der Waals surface area contributed by atoms with Gasteiger partial charge in [0.25, 0.3) is 0 Å². The van der Waals surface area contributed by atoms with Crippen molar-refractivity contribution in [1.29, 1.82) is 0 Å². The Balaban J connectivity index is 1.08. The van der Waals surface area contributed by atoms with Gasteiger partial charge in [0.2, 0.25) is 5.89 Å². The third-order valence-corrected chi connectivity index (χ3v) is 7.79. The Morgan fingerprint density at radius 2 is 1.80 bits per heavy atom. The largest absolute Gasteiger partial charge is 0.497 e. The SMILES string of the molecule is COc1ccc(C2(c3noc(CNCCN4CCC(c5ccccc5OC)CC4)n3)CCC2)cc1. The van der Waals surface area contributed by atoms with Crippen molar-refractivity contribution in [3.05, 3.63) is 71.4 Å². The van der Waals surface area contributed by atoms with Gasteiger partial charge in [0.15, 0.2) is 5.82 Å². The topological polar surface area (TPSA) is 72.7 Å². The van der Waals surface area contributed by atoms with Crippen LogP contribution in [0.1, 0.15) is 60.9 Å². The summed E-state index contributed by atoms with van der Waals surface area (Å²) in [5, 5.41) is 7.86. The zero-order valence-corrected chi connectivity index (χ0v) is 20.8. The molecule has 7 heteroatoms. The summed E-state index contributed by atoms with van der Waals surface area (Å²) in [6, 6.07) is 16.7. The maximum absolute atomic E-state index is 5.62. The van der Waals surface area contributed by atoms with E-state index in [2.05, 4.69) is 45.7 Å². The number of nitrogens with zero attached hydrogens (tertiary/aromatic N) is 3. The van der Waals surface area contributed by atoms with E-state index in [1.165, 1.54) is 30.4 Å². The van der Waals surface area contributed by atoms with Crippen molar-refractivity contribution in [2.75, 3.05) is 40.4 Å². The lowest BCUT2D eigenvalue weighted by atomic mass is 9.64. The van der Waals surface area contributed by atoms with E-state index in [4.69, 9.17) is 19.0 Å². The van der Waals surface area contributed by atoms with Gasteiger partial charge in [0, 0.05) is 13.1 Å². The molecule has 7 nitrogen and oxygen atoms in total. The molecular formula is C28H36N4O3. The van der Waals surface area contributed by atoms with Crippen molar-refractivity contribution in [1.82, 2.24) is 20.4 Å². The van der Waals surface area contributed by atoms with E-state index in [0.717, 1.165) is 56.3 Å². The minimum Gasteiger partial charge on any atom is -0.497 e. The van der Waals surface area contributed by atoms with Gasteiger partial charge < -0.3 is 24.2 Å². The molecule has 0 spiro atoms. The predicted molar refractivity (Wildman–Crippen MR) is 135 cm³/mol. The van der Waals surface area contributed by atoms with Crippen LogP contribution in [0.15, 0.2) is 53.1 Å². The molecule has 0 unspecified atom stereocenters. The molecule has 2 aliphatic rings. The fraction of sp³-hybridized carbons (Fsp3) is 0.500. The van der Waals surface area contributed by atoms with Gasteiger partial charge in [-0.05, 0) is 74.0 Å². The first-order valence-electron chi connectivity index (χ1n) is 12.8. The lowest BCUT2D eigenvalue weighted by Crippen LogP contribution is -2.38. The summed E-state index contributed by atoms with van der Waals surface area (Å²) in [6.45, 7) is 4.75. The van der Waals surface area contributed by atoms with Crippen LogP contribution in [0.3, 0.4) is 0 Å². The highest BCUT2D eigenvalue weighted by Gasteiger charge is 2.44. The molecule has 2 heterocycles. The minimum absolute atomic E-state index is 0.125. The molecule has 186 valence electrons. The third kappa shape index (κ3) is 5.07. The number of para-hydroxylation sites is 1. The zero-order valence-electron chi connectivity index (χ0n) is 20.8. The zero-order chi connectivity index (χ0) is 24.1. The Morgan fingerprint density at radius 3 is 2.49 bits per heavy atom. The van der Waals surface area contributed by atoms with E-state index in [-0.39, 0.29) is 5.41 Å². The van der Waals surface area contributed by atoms with Gasteiger partial charge in [-0.15, -0.1) is 0 Å². The molecule has 0 bridgehead atoms. The predicted octanol–water partition coefficient (Wildman–Crippen LogP) is 4.53. The summed E-state index contributed by atoms with van der Waals surface area (Å²) in [5.74, 6) is 3.93. The summed E-state index contributed by atoms with van der Waals surface area (Å²) in [7, 11) is 3.45. The van der Waals surface area contributed by atoms with Crippen LogP contribution in [0.4, 0.5) is 0 Å². The first-order chi connectivity index (χ1) is 17.2. The number of rotatable bonds is 10. The molecule has 1 aromatic heterocycles. The van der Waals surface area contributed by atoms with E-state index in [1.54, 1.807) is 14.2 Å². The Labute approximate surface area is 207 Å². The fourth-order valence-corrected chi connectivity index (χ4v) is 5.51. The summed E-state index contributed by atoms with van der Waals surface area (Å²) < 4.78 is 16.5. The van der Waals surface area contributed by atoms with Crippen LogP contribution in [0.5, 0.6) is 11.5 Å². The molecule has 0 radical (unpaired) electrons. The molecule has 1 saturated carbocycles. The number of hydrogen-bond acceptors (Lipinski definition) is 7. The van der Waals surface area contributed by atoms with E-state index >= 15 is 0 Å². The Morgan fingerprint density at radius 1 is 1.03 bits per heavy atom. The highest BCUT2D eigenvalue weighted by Crippen LogP contribution is 2.48. The number of likely N-dealkylation sites (tertiary alicyclic amines) is 1. The minimum atomic E-state index is -0.125. The van der Waals surface area contributed by atoms with Crippen molar-refractivity contribution in [3.8, 4) is 11.5 Å². The number of aromatic nitrogens is 2. The fourth-order valence-electron chi connectivity index (χ4n) is 5.51. The van der Waals surface area contributed by atoms with Crippen molar-refractivity contribution in [3.63, 3.8) is 0 Å². The average Bonchev–Trinajstić information content (AvgIpc) is 3.35. The highest BCUT2D eigenvalue weighted by molar-refractivity contribution is 5.39. The maximum Gasteiger partial charge on any atom is 0.240 e. The van der Waals surface area contributed by atoms with Gasteiger partial charge in [-0.3, -0.25) is 0 Å². The molecule has 1 aliphatic carbocycles. The van der Waals surface area contributed by atoms with Crippen molar-refractivity contribution < 1.29 is 14.0 Å². The molecule has 2 aromatic carbocycles. The summed E-state index contributed by atoms with van der Waals surface area (Å²) in [4.78, 5) is 7.30. The monoisotopic (exact) mass is 476 g/mol. The molecule has 2 fully saturated rings. The quantitative estimate of drug-likeness (QED) is 0.431. The summed E-state index contributed by atoms with van der Waals surface area (Å²) >= 11 is 0. The number of nitrogens with one attached hydrogen (secondary N) is 1. The molecule has 1 aliphatic heterocycles. The smallest absolute Gasteiger partial charge is 0.240 e. The first-order valence-corrected chi connectivity index (χ1v) is 12.8. The van der Waals surface area contributed by atoms with Gasteiger partial charge in [-0.2, -0.15) is 4.98 Å². The van der Waals surface area contributed by atoms with Gasteiger partial charge in [-0.1, -0.05) is 41.9 Å². The van der Waals surface area contributed by atoms with Crippen LogP contribution in [0.2, 0.25) is 0 Å². The number of benzene rings is 2. The Hall–Kier alpha value is -2.90. The second-order valence-corrected chi connectivity index (χ2v) is 9.71. The number of methoxy groups -OCH3 is 2. The molecule has 35 heavy (non-hydrogen) atoms. The second kappa shape index (κ2) is 10.8.